The van der Waals surface area contributed by atoms with Crippen LogP contribution in [-0.2, 0) is 25.6 Å². The Kier molecular flexibility index (Phi) is 7.48. The average molecular weight is 540 g/mol. The van der Waals surface area contributed by atoms with Crippen molar-refractivity contribution in [2.45, 2.75) is 23.8 Å². The number of non-ortho nitro benzene ring substituents is 1. The number of carbonyl (C=O) groups excluding carboxylic acids is 2. The first-order chi connectivity index (χ1) is 18.1. The van der Waals surface area contributed by atoms with Crippen LogP contribution >= 0.6 is 11.8 Å². The Morgan fingerprint density at radius 1 is 1.13 bits per heavy atom. The highest BCUT2D eigenvalue weighted by Crippen LogP contribution is 2.41. The molecule has 2 aliphatic heterocycles. The Labute approximate surface area is 219 Å². The maximum absolute atomic E-state index is 12.9. The number of allylic oxidation sites excluding steroid dienone is 2. The van der Waals surface area contributed by atoms with Crippen LogP contribution in [0.2, 0.25) is 0 Å². The number of nitro groups is 1. The van der Waals surface area contributed by atoms with Gasteiger partial charge in [0.05, 0.1) is 4.92 Å². The molecule has 2 aromatic rings. The van der Waals surface area contributed by atoms with E-state index in [0.29, 0.717) is 12.0 Å². The van der Waals surface area contributed by atoms with Crippen LogP contribution in [0.3, 0.4) is 0 Å². The highest BCUT2D eigenvalue weighted by molar-refractivity contribution is 8.00. The summed E-state index contributed by atoms with van der Waals surface area (Å²) in [4.78, 5) is 60.8. The summed E-state index contributed by atoms with van der Waals surface area (Å²) in [6.45, 7) is 0. The number of nitro benzene ring substituents is 1. The second-order valence-corrected chi connectivity index (χ2v) is 9.57. The number of nitrogens with one attached hydrogen (secondary N) is 1. The van der Waals surface area contributed by atoms with Crippen molar-refractivity contribution in [3.05, 3.63) is 93.2 Å². The quantitative estimate of drug-likeness (QED) is 0.159. The number of phenols is 1. The van der Waals surface area contributed by atoms with Crippen LogP contribution < -0.4 is 5.32 Å². The fourth-order valence-corrected chi connectivity index (χ4v) is 5.49. The first-order valence-corrected chi connectivity index (χ1v) is 12.3. The van der Waals surface area contributed by atoms with Gasteiger partial charge < -0.3 is 20.6 Å². The van der Waals surface area contributed by atoms with Crippen LogP contribution in [-0.4, -0.2) is 66.1 Å². The molecule has 2 aromatic carbocycles. The fraction of sp³-hybridized carbons (Fsp3) is 0.200. The van der Waals surface area contributed by atoms with Gasteiger partial charge in [-0.05, 0) is 35.3 Å². The molecule has 0 aliphatic carbocycles. The van der Waals surface area contributed by atoms with Gasteiger partial charge in [0.2, 0.25) is 5.91 Å². The SMILES string of the molecule is O=C(O)C1=C(C=CCc2ccc([N+](=O)[O-])cc2)CS[C@H]2C(NC(=O)C(C(=O)O)c3ccc(O)cc3)C(=O)N12. The van der Waals surface area contributed by atoms with E-state index in [2.05, 4.69) is 5.32 Å². The summed E-state index contributed by atoms with van der Waals surface area (Å²) < 4.78 is 0. The lowest BCUT2D eigenvalue weighted by atomic mass is 9.96. The maximum atomic E-state index is 12.9. The number of carboxylic acid groups (broad SMARTS) is 2. The molecule has 0 radical (unpaired) electrons. The number of amides is 2. The largest absolute Gasteiger partial charge is 0.508 e. The lowest BCUT2D eigenvalue weighted by Gasteiger charge is -2.49. The Hall–Kier alpha value is -4.65. The minimum atomic E-state index is -1.63. The van der Waals surface area contributed by atoms with Crippen LogP contribution in [0.1, 0.15) is 17.0 Å². The molecule has 0 spiro atoms. The number of β-lactam (4-membered cyclic amide) rings is 1. The molecule has 0 saturated carbocycles. The lowest BCUT2D eigenvalue weighted by molar-refractivity contribution is -0.384. The van der Waals surface area contributed by atoms with E-state index in [-0.39, 0.29) is 28.5 Å². The van der Waals surface area contributed by atoms with Gasteiger partial charge in [-0.1, -0.05) is 36.4 Å². The van der Waals surface area contributed by atoms with E-state index in [0.717, 1.165) is 10.5 Å². The molecule has 2 aliphatic rings. The van der Waals surface area contributed by atoms with Gasteiger partial charge in [0.1, 0.15) is 22.9 Å². The smallest absolute Gasteiger partial charge is 0.352 e. The van der Waals surface area contributed by atoms with E-state index in [4.69, 9.17) is 0 Å². The molecule has 4 N–H and O–H groups in total. The molecule has 0 bridgehead atoms. The minimum Gasteiger partial charge on any atom is -0.508 e. The number of carbonyl (C=O) groups is 4. The van der Waals surface area contributed by atoms with Crippen LogP contribution in [0.5, 0.6) is 5.75 Å². The third kappa shape index (κ3) is 5.22. The molecule has 12 nitrogen and oxygen atoms in total. The molecule has 1 fully saturated rings. The van der Waals surface area contributed by atoms with Crippen LogP contribution in [0.25, 0.3) is 0 Å². The summed E-state index contributed by atoms with van der Waals surface area (Å²) in [6, 6.07) is 9.89. The Morgan fingerprint density at radius 3 is 2.37 bits per heavy atom. The summed E-state index contributed by atoms with van der Waals surface area (Å²) in [5, 5.41) is 41.3. The van der Waals surface area contributed by atoms with Crippen molar-refractivity contribution in [1.82, 2.24) is 10.2 Å². The summed E-state index contributed by atoms with van der Waals surface area (Å²) in [5.41, 5.74) is 0.997. The Balaban J connectivity index is 1.47. The van der Waals surface area contributed by atoms with Gasteiger partial charge in [0.25, 0.3) is 11.6 Å². The van der Waals surface area contributed by atoms with Gasteiger partial charge in [-0.25, -0.2) is 4.79 Å². The predicted molar refractivity (Wildman–Crippen MR) is 134 cm³/mol. The van der Waals surface area contributed by atoms with Crippen molar-refractivity contribution in [2.24, 2.45) is 0 Å². The zero-order chi connectivity index (χ0) is 27.6. The number of benzene rings is 2. The van der Waals surface area contributed by atoms with Crippen molar-refractivity contribution >= 4 is 41.2 Å². The molecule has 2 heterocycles. The first-order valence-electron chi connectivity index (χ1n) is 11.2. The maximum Gasteiger partial charge on any atom is 0.352 e. The topological polar surface area (TPSA) is 187 Å². The average Bonchev–Trinajstić information content (AvgIpc) is 2.88. The van der Waals surface area contributed by atoms with Gasteiger partial charge in [-0.15, -0.1) is 11.8 Å². The van der Waals surface area contributed by atoms with Crippen molar-refractivity contribution < 1.29 is 39.4 Å². The molecule has 196 valence electrons. The highest BCUT2D eigenvalue weighted by Gasteiger charge is 2.54. The van der Waals surface area contributed by atoms with E-state index in [9.17, 15) is 44.6 Å². The number of aromatic hydroxyl groups is 1. The number of thioether (sulfide) groups is 1. The second-order valence-electron chi connectivity index (χ2n) is 8.47. The minimum absolute atomic E-state index is 0.0426. The molecule has 13 heteroatoms. The number of aliphatic carboxylic acids is 2. The summed E-state index contributed by atoms with van der Waals surface area (Å²) in [7, 11) is 0. The first kappa shape index (κ1) is 26.4. The van der Waals surface area contributed by atoms with E-state index in [1.165, 1.54) is 48.2 Å². The van der Waals surface area contributed by atoms with Crippen molar-refractivity contribution in [3.8, 4) is 5.75 Å². The van der Waals surface area contributed by atoms with E-state index < -0.39 is 46.0 Å². The molecule has 0 aromatic heterocycles. The van der Waals surface area contributed by atoms with E-state index >= 15 is 0 Å². The van der Waals surface area contributed by atoms with Crippen LogP contribution in [0, 0.1) is 10.1 Å². The fourth-order valence-electron chi connectivity index (χ4n) is 4.17. The molecule has 2 amide bonds. The monoisotopic (exact) mass is 539 g/mol. The Morgan fingerprint density at radius 2 is 1.79 bits per heavy atom. The third-order valence-electron chi connectivity index (χ3n) is 6.05. The standard InChI is InChI=1S/C25H21N3O9S/c29-17-10-6-14(7-11-17)18(24(32)33)21(30)26-19-22(31)27-20(25(34)35)15(12-38-23(19)27)3-1-2-13-4-8-16(9-5-13)28(36)37/h1,3-11,18-19,23,29H,2,12H2,(H,26,30)(H,32,33)(H,34,35)/t18?,19?,23-/m0/s1. The summed E-state index contributed by atoms with van der Waals surface area (Å²) in [6.07, 6.45) is 3.65. The zero-order valence-corrected chi connectivity index (χ0v) is 20.3. The Bertz CT molecular complexity index is 1370. The van der Waals surface area contributed by atoms with Gasteiger partial charge in [-0.2, -0.15) is 0 Å². The summed E-state index contributed by atoms with van der Waals surface area (Å²) >= 11 is 1.23. The van der Waals surface area contributed by atoms with Crippen molar-refractivity contribution in [1.29, 1.82) is 0 Å². The molecule has 1 saturated heterocycles. The number of carboxylic acids is 2. The van der Waals surface area contributed by atoms with Gasteiger partial charge in [0.15, 0.2) is 5.92 Å². The lowest BCUT2D eigenvalue weighted by Crippen LogP contribution is -2.71. The zero-order valence-electron chi connectivity index (χ0n) is 19.5. The van der Waals surface area contributed by atoms with Crippen LogP contribution in [0.4, 0.5) is 5.69 Å². The second kappa shape index (κ2) is 10.8. The summed E-state index contributed by atoms with van der Waals surface area (Å²) in [5.74, 6) is -5.89. The molecular formula is C25H21N3O9S. The van der Waals surface area contributed by atoms with E-state index in [1.54, 1.807) is 24.3 Å². The molecular weight excluding hydrogens is 518 g/mol. The third-order valence-corrected chi connectivity index (χ3v) is 7.36. The van der Waals surface area contributed by atoms with Gasteiger partial charge >= 0.3 is 11.9 Å². The number of rotatable bonds is 9. The van der Waals surface area contributed by atoms with Crippen molar-refractivity contribution in [3.63, 3.8) is 0 Å². The molecule has 3 atom stereocenters. The number of fused-ring (bicyclic) bond motifs is 1. The highest BCUT2D eigenvalue weighted by atomic mass is 32.2. The van der Waals surface area contributed by atoms with Crippen LogP contribution in [0.15, 0.2) is 72.0 Å². The number of nitrogens with zero attached hydrogens (tertiary/aromatic N) is 2. The predicted octanol–water partition coefficient (Wildman–Crippen LogP) is 2.01. The van der Waals surface area contributed by atoms with Gasteiger partial charge in [-0.3, -0.25) is 29.4 Å². The molecule has 2 unspecified atom stereocenters. The number of hydrogen-bond acceptors (Lipinski definition) is 8. The van der Waals surface area contributed by atoms with Gasteiger partial charge in [0, 0.05) is 17.9 Å². The number of phenolic OH excluding ortho intramolecular Hbond substituents is 1. The number of hydrogen-bond donors (Lipinski definition) is 4. The molecule has 38 heavy (non-hydrogen) atoms. The molecule has 4 rings (SSSR count). The van der Waals surface area contributed by atoms with Crippen molar-refractivity contribution in [2.75, 3.05) is 5.75 Å². The normalized spacial score (nSPS) is 19.5. The van der Waals surface area contributed by atoms with E-state index in [1.807, 2.05) is 0 Å².